The van der Waals surface area contributed by atoms with Gasteiger partial charge in [-0.25, -0.2) is 4.79 Å². The zero-order valence-corrected chi connectivity index (χ0v) is 9.90. The molecule has 0 radical (unpaired) electrons. The summed E-state index contributed by atoms with van der Waals surface area (Å²) in [6.07, 6.45) is 1.04. The second-order valence-corrected chi connectivity index (χ2v) is 4.16. The number of rotatable bonds is 5. The van der Waals surface area contributed by atoms with Gasteiger partial charge in [0.05, 0.1) is 5.41 Å². The summed E-state index contributed by atoms with van der Waals surface area (Å²) < 4.78 is 4.90. The number of hydrogen-bond acceptors (Lipinski definition) is 5. The largest absolute Gasteiger partial charge is 0.476 e. The highest BCUT2D eigenvalue weighted by Crippen LogP contribution is 2.16. The van der Waals surface area contributed by atoms with Crippen molar-refractivity contribution in [2.75, 3.05) is 18.9 Å². The van der Waals surface area contributed by atoms with Gasteiger partial charge in [0.2, 0.25) is 5.91 Å². The number of carboxylic acids is 1. The van der Waals surface area contributed by atoms with Crippen LogP contribution in [0.25, 0.3) is 0 Å². The third-order valence-electron chi connectivity index (χ3n) is 2.25. The smallest absolute Gasteiger partial charge is 0.357 e. The Morgan fingerprint density at radius 1 is 1.53 bits per heavy atom. The Morgan fingerprint density at radius 2 is 2.18 bits per heavy atom. The molecule has 0 atom stereocenters. The Kier molecular flexibility index (Phi) is 3.72. The lowest BCUT2D eigenvalue weighted by molar-refractivity contribution is -0.128. The number of amides is 1. The number of nitrogens with one attached hydrogen (secondary N) is 2. The Hall–Kier alpha value is -2.05. The van der Waals surface area contributed by atoms with Gasteiger partial charge in [-0.2, -0.15) is 4.98 Å². The summed E-state index contributed by atoms with van der Waals surface area (Å²) in [5, 5.41) is 14.0. The highest BCUT2D eigenvalue weighted by atomic mass is 16.4. The lowest BCUT2D eigenvalue weighted by atomic mass is 9.92. The van der Waals surface area contributed by atoms with Gasteiger partial charge in [-0.15, -0.1) is 0 Å². The molecule has 0 bridgehead atoms. The average molecular weight is 241 g/mol. The first-order chi connectivity index (χ1) is 7.86. The molecule has 1 aromatic rings. The maximum Gasteiger partial charge on any atom is 0.357 e. The molecule has 1 amide bonds. The fourth-order valence-electron chi connectivity index (χ4n) is 1.17. The number of nitrogens with zero attached hydrogens (tertiary/aromatic N) is 1. The molecule has 7 heteroatoms. The number of carboxylic acid groups (broad SMARTS) is 1. The van der Waals surface area contributed by atoms with Crippen LogP contribution in [0.3, 0.4) is 0 Å². The molecule has 1 rings (SSSR count). The van der Waals surface area contributed by atoms with Crippen molar-refractivity contribution in [2.24, 2.45) is 5.41 Å². The fraction of sp³-hybridized carbons (Fsp3) is 0.500. The molecule has 0 saturated carbocycles. The zero-order chi connectivity index (χ0) is 13.1. The molecule has 0 aliphatic rings. The molecule has 0 spiro atoms. The van der Waals surface area contributed by atoms with Crippen molar-refractivity contribution in [3.8, 4) is 0 Å². The Morgan fingerprint density at radius 3 is 2.65 bits per heavy atom. The number of aromatic nitrogens is 1. The molecule has 0 fully saturated rings. The van der Waals surface area contributed by atoms with Crippen LogP contribution in [0.5, 0.6) is 0 Å². The second kappa shape index (κ2) is 4.86. The van der Waals surface area contributed by atoms with E-state index in [4.69, 9.17) is 9.52 Å². The minimum atomic E-state index is -1.16. The van der Waals surface area contributed by atoms with Gasteiger partial charge < -0.3 is 20.2 Å². The van der Waals surface area contributed by atoms with Gasteiger partial charge in [0.15, 0.2) is 5.69 Å². The van der Waals surface area contributed by atoms with Crippen molar-refractivity contribution in [3.63, 3.8) is 0 Å². The molecule has 1 aromatic heterocycles. The van der Waals surface area contributed by atoms with Gasteiger partial charge in [-0.3, -0.25) is 4.79 Å². The van der Waals surface area contributed by atoms with Crippen molar-refractivity contribution >= 4 is 17.9 Å². The first kappa shape index (κ1) is 13.0. The van der Waals surface area contributed by atoms with E-state index in [1.165, 1.54) is 0 Å². The van der Waals surface area contributed by atoms with E-state index in [1.54, 1.807) is 20.9 Å². The molecule has 7 nitrogen and oxygen atoms in total. The van der Waals surface area contributed by atoms with Gasteiger partial charge in [0, 0.05) is 13.6 Å². The van der Waals surface area contributed by atoms with Crippen LogP contribution < -0.4 is 10.6 Å². The minimum Gasteiger partial charge on any atom is -0.476 e. The van der Waals surface area contributed by atoms with Gasteiger partial charge >= 0.3 is 5.97 Å². The quantitative estimate of drug-likeness (QED) is 0.695. The molecule has 94 valence electrons. The number of anilines is 1. The SMILES string of the molecule is CNC(=O)C(C)(C)CNc1nc(C(=O)O)co1. The first-order valence-electron chi connectivity index (χ1n) is 5.01. The van der Waals surface area contributed by atoms with E-state index in [9.17, 15) is 9.59 Å². The van der Waals surface area contributed by atoms with Gasteiger partial charge in [0.1, 0.15) is 6.26 Å². The zero-order valence-electron chi connectivity index (χ0n) is 9.90. The standard InChI is InChI=1S/C10H15N3O4/c1-10(2,8(16)11-3)5-12-9-13-6(4-17-9)7(14)15/h4H,5H2,1-3H3,(H,11,16)(H,12,13)(H,14,15). The Bertz CT molecular complexity index is 425. The van der Waals surface area contributed by atoms with Crippen LogP contribution in [0.15, 0.2) is 10.7 Å². The molecule has 3 N–H and O–H groups in total. The molecule has 0 aliphatic carbocycles. The Labute approximate surface area is 98.2 Å². The molecule has 1 heterocycles. The van der Waals surface area contributed by atoms with Crippen LogP contribution in [0.4, 0.5) is 6.01 Å². The van der Waals surface area contributed by atoms with Gasteiger partial charge in [-0.05, 0) is 13.8 Å². The minimum absolute atomic E-state index is 0.0828. The van der Waals surface area contributed by atoms with Crippen LogP contribution in [0, 0.1) is 5.41 Å². The molecule has 17 heavy (non-hydrogen) atoms. The van der Waals surface area contributed by atoms with Crippen LogP contribution >= 0.6 is 0 Å². The molecular weight excluding hydrogens is 226 g/mol. The van der Waals surface area contributed by atoms with Crippen molar-refractivity contribution in [3.05, 3.63) is 12.0 Å². The van der Waals surface area contributed by atoms with Gasteiger partial charge in [-0.1, -0.05) is 0 Å². The average Bonchev–Trinajstić information content (AvgIpc) is 2.74. The van der Waals surface area contributed by atoms with Crippen LogP contribution in [-0.4, -0.2) is 35.6 Å². The van der Waals surface area contributed by atoms with E-state index in [0.717, 1.165) is 6.26 Å². The van der Waals surface area contributed by atoms with Crippen molar-refractivity contribution < 1.29 is 19.1 Å². The van der Waals surface area contributed by atoms with E-state index < -0.39 is 11.4 Å². The first-order valence-corrected chi connectivity index (χ1v) is 5.01. The van der Waals surface area contributed by atoms with Crippen LogP contribution in [0.2, 0.25) is 0 Å². The van der Waals surface area contributed by atoms with Crippen molar-refractivity contribution in [2.45, 2.75) is 13.8 Å². The molecule has 0 aromatic carbocycles. The second-order valence-electron chi connectivity index (χ2n) is 4.16. The third kappa shape index (κ3) is 3.20. The number of oxazole rings is 1. The third-order valence-corrected chi connectivity index (χ3v) is 2.25. The van der Waals surface area contributed by atoms with Crippen molar-refractivity contribution in [1.82, 2.24) is 10.3 Å². The van der Waals surface area contributed by atoms with Crippen LogP contribution in [-0.2, 0) is 4.79 Å². The summed E-state index contributed by atoms with van der Waals surface area (Å²) in [6.45, 7) is 3.78. The molecule has 0 unspecified atom stereocenters. The van der Waals surface area contributed by atoms with E-state index >= 15 is 0 Å². The van der Waals surface area contributed by atoms with Crippen LogP contribution in [0.1, 0.15) is 24.3 Å². The Balaban J connectivity index is 2.61. The summed E-state index contributed by atoms with van der Waals surface area (Å²) in [5.41, 5.74) is -0.822. The van der Waals surface area contributed by atoms with E-state index in [1.807, 2.05) is 0 Å². The molecule has 0 saturated heterocycles. The number of aromatic carboxylic acids is 1. The maximum absolute atomic E-state index is 11.5. The monoisotopic (exact) mass is 241 g/mol. The lowest BCUT2D eigenvalue weighted by Gasteiger charge is -2.22. The van der Waals surface area contributed by atoms with E-state index in [2.05, 4.69) is 15.6 Å². The maximum atomic E-state index is 11.5. The van der Waals surface area contributed by atoms with Gasteiger partial charge in [0.25, 0.3) is 6.01 Å². The predicted octanol–water partition coefficient (Wildman–Crippen LogP) is 0.557. The van der Waals surface area contributed by atoms with E-state index in [0.29, 0.717) is 0 Å². The summed E-state index contributed by atoms with van der Waals surface area (Å²) in [6, 6.07) is 0.0828. The number of carbonyl (C=O) groups excluding carboxylic acids is 1. The molecular formula is C10H15N3O4. The van der Waals surface area contributed by atoms with E-state index in [-0.39, 0.29) is 24.2 Å². The summed E-state index contributed by atoms with van der Waals surface area (Å²) in [5.74, 6) is -1.29. The topological polar surface area (TPSA) is 104 Å². The normalized spacial score (nSPS) is 11.0. The number of hydrogen-bond donors (Lipinski definition) is 3. The van der Waals surface area contributed by atoms with Crippen molar-refractivity contribution in [1.29, 1.82) is 0 Å². The lowest BCUT2D eigenvalue weighted by Crippen LogP contribution is -2.39. The summed E-state index contributed by atoms with van der Waals surface area (Å²) in [4.78, 5) is 25.7. The summed E-state index contributed by atoms with van der Waals surface area (Å²) >= 11 is 0. The summed E-state index contributed by atoms with van der Waals surface area (Å²) in [7, 11) is 1.55. The highest BCUT2D eigenvalue weighted by Gasteiger charge is 2.27. The highest BCUT2D eigenvalue weighted by molar-refractivity contribution is 5.85. The molecule has 0 aliphatic heterocycles. The number of carbonyl (C=O) groups is 2. The predicted molar refractivity (Wildman–Crippen MR) is 59.8 cm³/mol. The fourth-order valence-corrected chi connectivity index (χ4v) is 1.17.